The van der Waals surface area contributed by atoms with Gasteiger partial charge in [0.1, 0.15) is 18.9 Å². The first-order chi connectivity index (χ1) is 17.9. The highest BCUT2D eigenvalue weighted by Crippen LogP contribution is 2.37. The molecule has 0 aliphatic carbocycles. The molecule has 3 rings (SSSR count). The minimum atomic E-state index is -4.69. The van der Waals surface area contributed by atoms with Gasteiger partial charge in [-0.3, -0.25) is 9.97 Å². The van der Waals surface area contributed by atoms with Gasteiger partial charge in [0.05, 0.1) is 28.0 Å². The van der Waals surface area contributed by atoms with E-state index in [9.17, 15) is 28.2 Å². The molecule has 0 saturated carbocycles. The summed E-state index contributed by atoms with van der Waals surface area (Å²) in [6.45, 7) is 5.19. The van der Waals surface area contributed by atoms with Crippen molar-refractivity contribution in [2.75, 3.05) is 18.7 Å². The van der Waals surface area contributed by atoms with E-state index < -0.39 is 35.0 Å². The number of benzene rings is 1. The predicted molar refractivity (Wildman–Crippen MR) is 137 cm³/mol. The Morgan fingerprint density at radius 2 is 1.84 bits per heavy atom. The Morgan fingerprint density at radius 1 is 1.13 bits per heavy atom. The molecule has 1 unspecified atom stereocenters. The number of hydrogen-bond donors (Lipinski definition) is 2. The molecule has 0 radical (unpaired) electrons. The number of aliphatic hydroxyl groups is 2. The summed E-state index contributed by atoms with van der Waals surface area (Å²) in [6, 6.07) is 5.82. The van der Waals surface area contributed by atoms with Crippen molar-refractivity contribution in [3.63, 3.8) is 0 Å². The van der Waals surface area contributed by atoms with E-state index in [1.807, 2.05) is 6.92 Å². The van der Waals surface area contributed by atoms with E-state index in [1.165, 1.54) is 18.1 Å². The molecule has 0 spiro atoms. The second-order valence-electron chi connectivity index (χ2n) is 9.04. The number of nitrogens with zero attached hydrogens (tertiary/aromatic N) is 3. The fourth-order valence-corrected chi connectivity index (χ4v) is 4.63. The average molecular weight is 552 g/mol. The number of methoxy groups -OCH3 is 1. The highest BCUT2D eigenvalue weighted by molar-refractivity contribution is 6.31. The zero-order chi connectivity index (χ0) is 28.2. The maximum absolute atomic E-state index is 13.5. The van der Waals surface area contributed by atoms with Gasteiger partial charge in [0.25, 0.3) is 0 Å². The third-order valence-electron chi connectivity index (χ3n) is 6.27. The number of hydrogen-bond acceptors (Lipinski definition) is 7. The van der Waals surface area contributed by atoms with Crippen LogP contribution in [0.5, 0.6) is 0 Å². The summed E-state index contributed by atoms with van der Waals surface area (Å²) in [6.07, 6.45) is -4.19. The van der Waals surface area contributed by atoms with E-state index in [0.717, 1.165) is 17.7 Å². The van der Waals surface area contributed by atoms with Crippen LogP contribution in [0.15, 0.2) is 42.7 Å². The molecule has 3 aromatic rings. The highest BCUT2D eigenvalue weighted by atomic mass is 35.5. The summed E-state index contributed by atoms with van der Waals surface area (Å²) < 4.78 is 45.8. The van der Waals surface area contributed by atoms with Gasteiger partial charge in [0.2, 0.25) is 0 Å². The van der Waals surface area contributed by atoms with Crippen LogP contribution in [0.3, 0.4) is 0 Å². The van der Waals surface area contributed by atoms with Gasteiger partial charge in [-0.15, -0.1) is 0 Å². The second-order valence-corrected chi connectivity index (χ2v) is 9.45. The summed E-state index contributed by atoms with van der Waals surface area (Å²) in [5.41, 5.74) is 2.35. The van der Waals surface area contributed by atoms with Gasteiger partial charge in [-0.05, 0) is 68.1 Å². The third kappa shape index (κ3) is 6.50. The molecule has 0 bridgehead atoms. The molecular weight excluding hydrogens is 523 g/mol. The lowest BCUT2D eigenvalue weighted by Gasteiger charge is -2.36. The van der Waals surface area contributed by atoms with Gasteiger partial charge in [0.15, 0.2) is 6.29 Å². The number of anilines is 1. The zero-order valence-corrected chi connectivity index (χ0v) is 22.1. The zero-order valence-electron chi connectivity index (χ0n) is 21.3. The van der Waals surface area contributed by atoms with Crippen LogP contribution in [0.1, 0.15) is 45.3 Å². The van der Waals surface area contributed by atoms with Crippen molar-refractivity contribution in [1.82, 2.24) is 9.97 Å². The van der Waals surface area contributed by atoms with E-state index in [4.69, 9.17) is 16.3 Å². The summed E-state index contributed by atoms with van der Waals surface area (Å²) in [4.78, 5) is 22.0. The molecule has 11 heteroatoms. The monoisotopic (exact) mass is 551 g/mol. The predicted octanol–water partition coefficient (Wildman–Crippen LogP) is 4.74. The topological polar surface area (TPSA) is 95.8 Å². The molecule has 2 N–H and O–H groups in total. The maximum Gasteiger partial charge on any atom is 0.417 e. The Labute approximate surface area is 223 Å². The molecule has 2 aromatic heterocycles. The largest absolute Gasteiger partial charge is 0.417 e. The minimum Gasteiger partial charge on any atom is -0.383 e. The van der Waals surface area contributed by atoms with Gasteiger partial charge >= 0.3 is 6.18 Å². The molecular formula is C27H29ClF3N3O4. The molecule has 0 amide bonds. The summed E-state index contributed by atoms with van der Waals surface area (Å²) >= 11 is 5.78. The van der Waals surface area contributed by atoms with Gasteiger partial charge in [-0.25, -0.2) is 0 Å². The van der Waals surface area contributed by atoms with Crippen molar-refractivity contribution in [2.24, 2.45) is 0 Å². The van der Waals surface area contributed by atoms with Crippen molar-refractivity contribution >= 4 is 23.6 Å². The average Bonchev–Trinajstić information content (AvgIpc) is 2.85. The Balaban J connectivity index is 2.15. The number of carbonyl (C=O) groups excluding carboxylic acids is 1. The van der Waals surface area contributed by atoms with Crippen LogP contribution in [-0.4, -0.2) is 52.5 Å². The molecule has 38 heavy (non-hydrogen) atoms. The molecule has 0 aliphatic heterocycles. The Bertz CT molecular complexity index is 1270. The summed E-state index contributed by atoms with van der Waals surface area (Å²) in [7, 11) is 1.40. The molecule has 204 valence electrons. The number of alkyl halides is 3. The summed E-state index contributed by atoms with van der Waals surface area (Å²) in [5, 5.41) is 21.7. The lowest BCUT2D eigenvalue weighted by molar-refractivity contribution is -0.137. The van der Waals surface area contributed by atoms with Crippen LogP contribution in [-0.2, 0) is 22.1 Å². The third-order valence-corrected chi connectivity index (χ3v) is 6.60. The number of pyridine rings is 2. The number of aromatic nitrogens is 2. The van der Waals surface area contributed by atoms with E-state index in [2.05, 4.69) is 9.97 Å². The van der Waals surface area contributed by atoms with Crippen molar-refractivity contribution in [1.29, 1.82) is 0 Å². The van der Waals surface area contributed by atoms with Gasteiger partial charge < -0.3 is 24.6 Å². The first kappa shape index (κ1) is 29.5. The van der Waals surface area contributed by atoms with Crippen LogP contribution in [0.25, 0.3) is 0 Å². The van der Waals surface area contributed by atoms with Crippen molar-refractivity contribution in [3.8, 4) is 0 Å². The molecule has 7 nitrogen and oxygen atoms in total. The van der Waals surface area contributed by atoms with Gasteiger partial charge in [-0.1, -0.05) is 17.7 Å². The Kier molecular flexibility index (Phi) is 9.48. The van der Waals surface area contributed by atoms with Crippen molar-refractivity contribution < 1.29 is 32.9 Å². The van der Waals surface area contributed by atoms with E-state index in [0.29, 0.717) is 28.8 Å². The van der Waals surface area contributed by atoms with Gasteiger partial charge in [0, 0.05) is 30.8 Å². The number of halogens is 4. The van der Waals surface area contributed by atoms with Crippen LogP contribution in [0.4, 0.5) is 18.9 Å². The van der Waals surface area contributed by atoms with Crippen LogP contribution < -0.4 is 4.90 Å². The molecule has 3 atom stereocenters. The van der Waals surface area contributed by atoms with Gasteiger partial charge in [-0.2, -0.15) is 13.2 Å². The number of rotatable bonds is 10. The molecule has 0 saturated heterocycles. The quantitative estimate of drug-likeness (QED) is 0.278. The number of ether oxygens (including phenoxy) is 1. The molecule has 0 aliphatic rings. The van der Waals surface area contributed by atoms with Crippen LogP contribution in [0.2, 0.25) is 5.02 Å². The van der Waals surface area contributed by atoms with Crippen molar-refractivity contribution in [3.05, 3.63) is 87.0 Å². The maximum atomic E-state index is 13.5. The van der Waals surface area contributed by atoms with Crippen LogP contribution >= 0.6 is 11.6 Å². The smallest absolute Gasteiger partial charge is 0.383 e. The van der Waals surface area contributed by atoms with E-state index in [-0.39, 0.29) is 24.4 Å². The van der Waals surface area contributed by atoms with Crippen molar-refractivity contribution in [2.45, 2.75) is 51.6 Å². The Hall–Kier alpha value is -3.05. The second kappa shape index (κ2) is 12.2. The molecule has 0 fully saturated rings. The molecule has 2 heterocycles. The number of aryl methyl sites for hydroxylation is 3. The minimum absolute atomic E-state index is 0.162. The fraction of sp³-hybridized carbons (Fsp3) is 0.370. The number of aldehydes is 1. The molecule has 1 aromatic carbocycles. The Morgan fingerprint density at radius 3 is 2.45 bits per heavy atom. The van der Waals surface area contributed by atoms with E-state index in [1.54, 1.807) is 38.4 Å². The summed E-state index contributed by atoms with van der Waals surface area (Å²) in [5.74, 6) is 0. The SMILES string of the molecule is COCN(c1cc(C)cnc1C(O)c1c(C)ccnc1C)[C@@H](Cc1ccc(Cl)c(C(F)(F)F)c1)[C@@H](O)C=O. The lowest BCUT2D eigenvalue weighted by atomic mass is 9.95. The number of aliphatic hydroxyl groups excluding tert-OH is 2. The lowest BCUT2D eigenvalue weighted by Crippen LogP contribution is -2.47. The normalized spacial score (nSPS) is 14.2. The van der Waals surface area contributed by atoms with Crippen LogP contribution in [0, 0.1) is 20.8 Å². The number of carbonyl (C=O) groups is 1. The standard InChI is InChI=1S/C27H29ClF3N3O4/c1-15-9-22(25(33-12-15)26(37)24-16(2)7-8-32-17(24)3)34(14-38-4)21(23(36)13-35)11-18-5-6-20(28)19(10-18)27(29,30)31/h5-10,12-13,21,23,26,36-37H,11,14H2,1-4H3/t21-,23-,26?/m0/s1. The first-order valence-corrected chi connectivity index (χ1v) is 12.1. The highest BCUT2D eigenvalue weighted by Gasteiger charge is 2.35. The first-order valence-electron chi connectivity index (χ1n) is 11.7. The van der Waals surface area contributed by atoms with E-state index >= 15 is 0 Å². The fourth-order valence-electron chi connectivity index (χ4n) is 4.41.